The first-order valence-electron chi connectivity index (χ1n) is 8.81. The van der Waals surface area contributed by atoms with Crippen molar-refractivity contribution >= 4 is 21.9 Å². The van der Waals surface area contributed by atoms with E-state index in [2.05, 4.69) is 20.9 Å². The average molecular weight is 442 g/mol. The fraction of sp³-hybridized carbons (Fsp3) is 0.182. The Kier molecular flexibility index (Phi) is 6.66. The third kappa shape index (κ3) is 4.51. The molecule has 1 atom stereocenters. The Bertz CT molecular complexity index is 893. The average Bonchev–Trinajstić information content (AvgIpc) is 2.74. The van der Waals surface area contributed by atoms with Crippen LogP contribution >= 0.6 is 15.9 Å². The van der Waals surface area contributed by atoms with Gasteiger partial charge < -0.3 is 14.2 Å². The summed E-state index contributed by atoms with van der Waals surface area (Å²) in [6.45, 7) is 2.36. The van der Waals surface area contributed by atoms with Gasteiger partial charge in [0.15, 0.2) is 17.6 Å². The lowest BCUT2D eigenvalue weighted by Crippen LogP contribution is -2.14. The van der Waals surface area contributed by atoms with E-state index in [9.17, 15) is 4.79 Å². The molecular weight excluding hydrogens is 422 g/mol. The molecule has 0 aliphatic carbocycles. The fourth-order valence-corrected chi connectivity index (χ4v) is 3.31. The van der Waals surface area contributed by atoms with E-state index < -0.39 is 12.1 Å². The van der Waals surface area contributed by atoms with Gasteiger partial charge in [0.1, 0.15) is 0 Å². The zero-order chi connectivity index (χ0) is 19.9. The second-order valence-corrected chi connectivity index (χ2v) is 6.73. The predicted octanol–water partition coefficient (Wildman–Crippen LogP) is 5.20. The van der Waals surface area contributed by atoms with Crippen molar-refractivity contribution in [2.24, 2.45) is 0 Å². The molecule has 0 bridgehead atoms. The van der Waals surface area contributed by atoms with Gasteiger partial charge in [0.2, 0.25) is 0 Å². The van der Waals surface area contributed by atoms with Gasteiger partial charge in [-0.25, -0.2) is 4.79 Å². The van der Waals surface area contributed by atoms with Crippen LogP contribution in [-0.2, 0) is 4.74 Å². The Hall–Kier alpha value is -2.86. The third-order valence-electron chi connectivity index (χ3n) is 4.04. The molecular formula is C22H20BrNO4. The first kappa shape index (κ1) is 19.9. The van der Waals surface area contributed by atoms with Crippen LogP contribution in [0.4, 0.5) is 0 Å². The highest BCUT2D eigenvalue weighted by Crippen LogP contribution is 2.37. The van der Waals surface area contributed by atoms with Crippen LogP contribution in [0.3, 0.4) is 0 Å². The van der Waals surface area contributed by atoms with Gasteiger partial charge >= 0.3 is 5.97 Å². The maximum atomic E-state index is 12.9. The summed E-state index contributed by atoms with van der Waals surface area (Å²) < 4.78 is 17.4. The molecule has 5 nitrogen and oxygen atoms in total. The summed E-state index contributed by atoms with van der Waals surface area (Å²) >= 11 is 3.44. The molecule has 28 heavy (non-hydrogen) atoms. The molecule has 144 valence electrons. The van der Waals surface area contributed by atoms with E-state index in [-0.39, 0.29) is 0 Å². The second-order valence-electron chi connectivity index (χ2n) is 5.87. The number of hydrogen-bond acceptors (Lipinski definition) is 5. The molecule has 6 heteroatoms. The highest BCUT2D eigenvalue weighted by atomic mass is 79.9. The fourth-order valence-electron chi connectivity index (χ4n) is 2.76. The number of halogens is 1. The van der Waals surface area contributed by atoms with Crippen LogP contribution in [-0.4, -0.2) is 24.7 Å². The molecule has 0 N–H and O–H groups in total. The van der Waals surface area contributed by atoms with E-state index in [0.717, 1.165) is 5.56 Å². The number of carbonyl (C=O) groups excluding carboxylic acids is 1. The molecule has 0 amide bonds. The van der Waals surface area contributed by atoms with Crippen molar-refractivity contribution in [3.05, 3.63) is 88.2 Å². The Morgan fingerprint density at radius 1 is 1.11 bits per heavy atom. The van der Waals surface area contributed by atoms with Crippen LogP contribution in [0.1, 0.15) is 34.6 Å². The van der Waals surface area contributed by atoms with Crippen molar-refractivity contribution < 1.29 is 19.0 Å². The summed E-state index contributed by atoms with van der Waals surface area (Å²) in [6.07, 6.45) is 1.06. The maximum absolute atomic E-state index is 12.9. The molecule has 1 heterocycles. The standard InChI is InChI=1S/C22H20BrNO4/c1-3-27-21-17(23)13-16(14-19(21)26-2)22(25)28-20(15-9-5-4-6-10-15)18-11-7-8-12-24-18/h4-14,20H,3H2,1-2H3. The van der Waals surface area contributed by atoms with Crippen molar-refractivity contribution in [1.82, 2.24) is 4.98 Å². The molecule has 0 aliphatic rings. The van der Waals surface area contributed by atoms with E-state index in [1.165, 1.54) is 7.11 Å². The van der Waals surface area contributed by atoms with Crippen LogP contribution in [0.15, 0.2) is 71.3 Å². The van der Waals surface area contributed by atoms with Crippen LogP contribution in [0.5, 0.6) is 11.5 Å². The number of esters is 1. The molecule has 0 saturated heterocycles. The molecule has 0 fully saturated rings. The second kappa shape index (κ2) is 9.37. The van der Waals surface area contributed by atoms with Crippen molar-refractivity contribution in [3.8, 4) is 11.5 Å². The number of benzene rings is 2. The quantitative estimate of drug-likeness (QED) is 0.471. The molecule has 0 saturated carbocycles. The first-order valence-corrected chi connectivity index (χ1v) is 9.60. The minimum Gasteiger partial charge on any atom is -0.493 e. The van der Waals surface area contributed by atoms with E-state index >= 15 is 0 Å². The molecule has 0 spiro atoms. The molecule has 1 unspecified atom stereocenters. The highest BCUT2D eigenvalue weighted by Gasteiger charge is 2.23. The number of hydrogen-bond donors (Lipinski definition) is 0. The predicted molar refractivity (Wildman–Crippen MR) is 110 cm³/mol. The molecule has 3 rings (SSSR count). The topological polar surface area (TPSA) is 57.7 Å². The lowest BCUT2D eigenvalue weighted by atomic mass is 10.1. The SMILES string of the molecule is CCOc1c(Br)cc(C(=O)OC(c2ccccc2)c2ccccn2)cc1OC. The van der Waals surface area contributed by atoms with Crippen molar-refractivity contribution in [3.63, 3.8) is 0 Å². The zero-order valence-electron chi connectivity index (χ0n) is 15.6. The van der Waals surface area contributed by atoms with Gasteiger partial charge in [-0.1, -0.05) is 36.4 Å². The number of rotatable bonds is 7. The molecule has 1 aromatic heterocycles. The van der Waals surface area contributed by atoms with Crippen molar-refractivity contribution in [1.29, 1.82) is 0 Å². The zero-order valence-corrected chi connectivity index (χ0v) is 17.2. The minimum atomic E-state index is -0.619. The van der Waals surface area contributed by atoms with E-state index in [0.29, 0.717) is 33.8 Å². The van der Waals surface area contributed by atoms with Gasteiger partial charge in [-0.3, -0.25) is 4.98 Å². The summed E-state index contributed by atoms with van der Waals surface area (Å²) in [5.74, 6) is 0.518. The van der Waals surface area contributed by atoms with Crippen LogP contribution in [0, 0.1) is 0 Å². The summed E-state index contributed by atoms with van der Waals surface area (Å²) in [5.41, 5.74) is 1.84. The highest BCUT2D eigenvalue weighted by molar-refractivity contribution is 9.10. The molecule has 3 aromatic rings. The Labute approximate surface area is 172 Å². The van der Waals surface area contributed by atoms with Crippen LogP contribution in [0.2, 0.25) is 0 Å². The summed E-state index contributed by atoms with van der Waals surface area (Å²) in [7, 11) is 1.53. The van der Waals surface area contributed by atoms with Crippen molar-refractivity contribution in [2.75, 3.05) is 13.7 Å². The summed E-state index contributed by atoms with van der Waals surface area (Å²) in [6, 6.07) is 18.3. The van der Waals surface area contributed by atoms with E-state index in [1.807, 2.05) is 55.5 Å². The van der Waals surface area contributed by atoms with Crippen molar-refractivity contribution in [2.45, 2.75) is 13.0 Å². The molecule has 2 aromatic carbocycles. The third-order valence-corrected chi connectivity index (χ3v) is 4.63. The summed E-state index contributed by atoms with van der Waals surface area (Å²) in [5, 5.41) is 0. The summed E-state index contributed by atoms with van der Waals surface area (Å²) in [4.78, 5) is 17.3. The van der Waals surface area contributed by atoms with Gasteiger partial charge in [0.25, 0.3) is 0 Å². The maximum Gasteiger partial charge on any atom is 0.339 e. The van der Waals surface area contributed by atoms with Gasteiger partial charge in [-0.05, 0) is 52.7 Å². The smallest absolute Gasteiger partial charge is 0.339 e. The number of aromatic nitrogens is 1. The van der Waals surface area contributed by atoms with Gasteiger partial charge in [-0.2, -0.15) is 0 Å². The number of nitrogens with zero attached hydrogens (tertiary/aromatic N) is 1. The Morgan fingerprint density at radius 2 is 1.86 bits per heavy atom. The van der Waals surface area contributed by atoms with Gasteiger partial charge in [0.05, 0.1) is 29.4 Å². The number of methoxy groups -OCH3 is 1. The molecule has 0 aliphatic heterocycles. The first-order chi connectivity index (χ1) is 13.6. The van der Waals surface area contributed by atoms with Crippen LogP contribution in [0.25, 0.3) is 0 Å². The van der Waals surface area contributed by atoms with E-state index in [4.69, 9.17) is 14.2 Å². The molecule has 0 radical (unpaired) electrons. The number of pyridine rings is 1. The van der Waals surface area contributed by atoms with Gasteiger partial charge in [-0.15, -0.1) is 0 Å². The number of carbonyl (C=O) groups is 1. The number of ether oxygens (including phenoxy) is 3. The van der Waals surface area contributed by atoms with Crippen LogP contribution < -0.4 is 9.47 Å². The Balaban J connectivity index is 1.94. The normalized spacial score (nSPS) is 11.5. The lowest BCUT2D eigenvalue weighted by molar-refractivity contribution is 0.0370. The largest absolute Gasteiger partial charge is 0.493 e. The van der Waals surface area contributed by atoms with Gasteiger partial charge in [0, 0.05) is 6.20 Å². The Morgan fingerprint density at radius 3 is 2.50 bits per heavy atom. The monoisotopic (exact) mass is 441 g/mol. The van der Waals surface area contributed by atoms with E-state index in [1.54, 1.807) is 18.3 Å². The lowest BCUT2D eigenvalue weighted by Gasteiger charge is -2.19. The minimum absolute atomic E-state index is 0.351.